The molecule has 0 aliphatic carbocycles. The van der Waals surface area contributed by atoms with E-state index >= 15 is 0 Å². The molecule has 0 saturated carbocycles. The second-order valence-corrected chi connectivity index (χ2v) is 4.73. The first-order valence-electron chi connectivity index (χ1n) is 4.83. The quantitative estimate of drug-likeness (QED) is 0.641. The summed E-state index contributed by atoms with van der Waals surface area (Å²) >= 11 is 1.68. The lowest BCUT2D eigenvalue weighted by Gasteiger charge is -2.01. The Labute approximate surface area is 95.8 Å². The average molecular weight is 231 g/mol. The zero-order valence-corrected chi connectivity index (χ0v) is 9.69. The van der Waals surface area contributed by atoms with Gasteiger partial charge >= 0.3 is 0 Å². The first-order chi connectivity index (χ1) is 7.77. The molecule has 0 aliphatic heterocycles. The minimum atomic E-state index is 0.844. The number of thiophene rings is 1. The fourth-order valence-corrected chi connectivity index (χ4v) is 2.66. The Morgan fingerprint density at radius 1 is 1.12 bits per heavy atom. The number of rotatable bonds is 1. The Morgan fingerprint density at radius 2 is 1.88 bits per heavy atom. The molecule has 0 amide bonds. The van der Waals surface area contributed by atoms with E-state index in [0.29, 0.717) is 0 Å². The summed E-state index contributed by atoms with van der Waals surface area (Å²) in [5.41, 5.74) is 1.23. The lowest BCUT2D eigenvalue weighted by atomic mass is 10.2. The molecule has 0 spiro atoms. The molecule has 80 valence electrons. The van der Waals surface area contributed by atoms with Crippen LogP contribution in [0.2, 0.25) is 0 Å². The van der Waals surface area contributed by atoms with Crippen molar-refractivity contribution in [2.24, 2.45) is 0 Å². The van der Waals surface area contributed by atoms with E-state index in [1.54, 1.807) is 30.3 Å². The van der Waals surface area contributed by atoms with E-state index in [4.69, 9.17) is 0 Å². The second-order valence-electron chi connectivity index (χ2n) is 3.53. The van der Waals surface area contributed by atoms with E-state index in [1.807, 2.05) is 4.57 Å². The third-order valence-corrected chi connectivity index (χ3v) is 3.72. The van der Waals surface area contributed by atoms with Crippen molar-refractivity contribution >= 4 is 21.6 Å². The van der Waals surface area contributed by atoms with Crippen molar-refractivity contribution in [1.29, 1.82) is 0 Å². The first-order valence-corrected chi connectivity index (χ1v) is 5.64. The number of aryl methyl sites for hydroxylation is 2. The second kappa shape index (κ2) is 3.34. The van der Waals surface area contributed by atoms with Crippen molar-refractivity contribution in [3.63, 3.8) is 0 Å². The molecular weight excluding hydrogens is 222 g/mol. The molecular formula is C10H9N5S. The highest BCUT2D eigenvalue weighted by molar-refractivity contribution is 7.18. The molecule has 0 saturated heterocycles. The molecule has 0 fully saturated rings. The standard InChI is InChI=1S/C10H9N5S/c1-6-7(2)16-10-8(6)9(11-3-12-10)15-4-13-14-5-15/h3-5H,1-2H3. The molecule has 0 aliphatic rings. The molecule has 0 bridgehead atoms. The van der Waals surface area contributed by atoms with Crippen molar-refractivity contribution in [2.75, 3.05) is 0 Å². The van der Waals surface area contributed by atoms with Gasteiger partial charge < -0.3 is 0 Å². The van der Waals surface area contributed by atoms with Gasteiger partial charge in [-0.05, 0) is 19.4 Å². The van der Waals surface area contributed by atoms with E-state index in [9.17, 15) is 0 Å². The van der Waals surface area contributed by atoms with Gasteiger partial charge in [0.05, 0.1) is 5.39 Å². The maximum Gasteiger partial charge on any atom is 0.151 e. The first kappa shape index (κ1) is 9.41. The zero-order chi connectivity index (χ0) is 11.1. The highest BCUT2D eigenvalue weighted by Gasteiger charge is 2.12. The Balaban J connectivity index is 2.41. The number of hydrogen-bond donors (Lipinski definition) is 0. The van der Waals surface area contributed by atoms with Gasteiger partial charge in [0, 0.05) is 4.88 Å². The van der Waals surface area contributed by atoms with Gasteiger partial charge in [-0.25, -0.2) is 9.97 Å². The van der Waals surface area contributed by atoms with Crippen molar-refractivity contribution in [2.45, 2.75) is 13.8 Å². The Hall–Kier alpha value is -1.82. The summed E-state index contributed by atoms with van der Waals surface area (Å²) in [4.78, 5) is 10.9. The molecule has 0 radical (unpaired) electrons. The van der Waals surface area contributed by atoms with E-state index in [1.165, 1.54) is 10.4 Å². The van der Waals surface area contributed by atoms with Gasteiger partial charge in [-0.2, -0.15) is 0 Å². The molecule has 0 unspecified atom stereocenters. The largest absolute Gasteiger partial charge is 0.271 e. The van der Waals surface area contributed by atoms with Crippen LogP contribution in [-0.4, -0.2) is 24.7 Å². The predicted octanol–water partition coefficient (Wildman–Crippen LogP) is 1.89. The molecule has 3 aromatic heterocycles. The van der Waals surface area contributed by atoms with Crippen LogP contribution in [0.1, 0.15) is 10.4 Å². The van der Waals surface area contributed by atoms with Crippen molar-refractivity contribution in [3.8, 4) is 5.82 Å². The summed E-state index contributed by atoms with van der Waals surface area (Å²) in [5, 5.41) is 8.68. The molecule has 0 aromatic carbocycles. The van der Waals surface area contributed by atoms with Crippen LogP contribution in [-0.2, 0) is 0 Å². The molecule has 6 heteroatoms. The summed E-state index contributed by atoms with van der Waals surface area (Å²) in [6.45, 7) is 4.18. The summed E-state index contributed by atoms with van der Waals surface area (Å²) in [7, 11) is 0. The van der Waals surface area contributed by atoms with Crippen LogP contribution in [0.5, 0.6) is 0 Å². The lowest BCUT2D eigenvalue weighted by Crippen LogP contribution is -1.96. The number of nitrogens with zero attached hydrogens (tertiary/aromatic N) is 5. The van der Waals surface area contributed by atoms with Crippen LogP contribution in [0, 0.1) is 13.8 Å². The van der Waals surface area contributed by atoms with Crippen molar-refractivity contribution in [3.05, 3.63) is 29.4 Å². The smallest absolute Gasteiger partial charge is 0.151 e. The monoisotopic (exact) mass is 231 g/mol. The van der Waals surface area contributed by atoms with Gasteiger partial charge in [-0.1, -0.05) is 0 Å². The SMILES string of the molecule is Cc1sc2ncnc(-n3cnnc3)c2c1C. The fourth-order valence-electron chi connectivity index (χ4n) is 1.67. The number of fused-ring (bicyclic) bond motifs is 1. The number of hydrogen-bond acceptors (Lipinski definition) is 5. The maximum atomic E-state index is 4.30. The Kier molecular flexibility index (Phi) is 1.97. The lowest BCUT2D eigenvalue weighted by molar-refractivity contribution is 0.991. The van der Waals surface area contributed by atoms with Crippen LogP contribution in [0.3, 0.4) is 0 Å². The zero-order valence-electron chi connectivity index (χ0n) is 8.88. The molecule has 3 aromatic rings. The molecule has 16 heavy (non-hydrogen) atoms. The van der Waals surface area contributed by atoms with Gasteiger partial charge in [0.1, 0.15) is 23.8 Å². The van der Waals surface area contributed by atoms with E-state index in [2.05, 4.69) is 34.0 Å². The highest BCUT2D eigenvalue weighted by Crippen LogP contribution is 2.31. The fraction of sp³-hybridized carbons (Fsp3) is 0.200. The molecule has 0 atom stereocenters. The van der Waals surface area contributed by atoms with Crippen LogP contribution >= 0.6 is 11.3 Å². The van der Waals surface area contributed by atoms with Crippen LogP contribution in [0.25, 0.3) is 16.0 Å². The van der Waals surface area contributed by atoms with Gasteiger partial charge in [0.2, 0.25) is 0 Å². The molecule has 5 nitrogen and oxygen atoms in total. The third-order valence-electron chi connectivity index (χ3n) is 2.61. The normalized spacial score (nSPS) is 11.1. The van der Waals surface area contributed by atoms with Gasteiger partial charge in [-0.3, -0.25) is 4.57 Å². The minimum absolute atomic E-state index is 0.844. The van der Waals surface area contributed by atoms with E-state index in [-0.39, 0.29) is 0 Å². The summed E-state index contributed by atoms with van der Waals surface area (Å²) in [5.74, 6) is 0.844. The Morgan fingerprint density at radius 3 is 2.62 bits per heavy atom. The predicted molar refractivity (Wildman–Crippen MR) is 61.8 cm³/mol. The molecule has 3 heterocycles. The third kappa shape index (κ3) is 1.23. The van der Waals surface area contributed by atoms with Gasteiger partial charge in [0.25, 0.3) is 0 Å². The maximum absolute atomic E-state index is 4.30. The Bertz CT molecular complexity index is 641. The summed E-state index contributed by atoms with van der Waals surface area (Å²) in [6, 6.07) is 0. The van der Waals surface area contributed by atoms with Gasteiger partial charge in [0.15, 0.2) is 5.82 Å². The van der Waals surface area contributed by atoms with Crippen LogP contribution in [0.4, 0.5) is 0 Å². The molecule has 0 N–H and O–H groups in total. The van der Waals surface area contributed by atoms with Crippen LogP contribution < -0.4 is 0 Å². The van der Waals surface area contributed by atoms with E-state index in [0.717, 1.165) is 16.0 Å². The van der Waals surface area contributed by atoms with Gasteiger partial charge in [-0.15, -0.1) is 21.5 Å². The van der Waals surface area contributed by atoms with Crippen molar-refractivity contribution < 1.29 is 0 Å². The van der Waals surface area contributed by atoms with E-state index < -0.39 is 0 Å². The van der Waals surface area contributed by atoms with Crippen LogP contribution in [0.15, 0.2) is 19.0 Å². The number of aromatic nitrogens is 5. The minimum Gasteiger partial charge on any atom is -0.271 e. The highest BCUT2D eigenvalue weighted by atomic mass is 32.1. The average Bonchev–Trinajstić information content (AvgIpc) is 2.88. The summed E-state index contributed by atoms with van der Waals surface area (Å²) < 4.78 is 1.81. The summed E-state index contributed by atoms with van der Waals surface area (Å²) in [6.07, 6.45) is 4.87. The molecule has 3 rings (SSSR count). The topological polar surface area (TPSA) is 56.5 Å². The van der Waals surface area contributed by atoms with Crippen molar-refractivity contribution in [1.82, 2.24) is 24.7 Å².